The lowest BCUT2D eigenvalue weighted by molar-refractivity contribution is 0.796. The average molecular weight is 524 g/mol. The molecule has 29 heavy (non-hydrogen) atoms. The van der Waals surface area contributed by atoms with Crippen LogP contribution in [-0.4, -0.2) is 40.4 Å². The van der Waals surface area contributed by atoms with E-state index in [-0.39, 0.29) is 24.0 Å². The third kappa shape index (κ3) is 7.11. The van der Waals surface area contributed by atoms with Gasteiger partial charge in [0, 0.05) is 43.3 Å². The number of rotatable bonds is 8. The molecule has 0 radical (unpaired) electrons. The third-order valence-corrected chi connectivity index (χ3v) is 5.50. The topological polar surface area (TPSA) is 67.1 Å². The summed E-state index contributed by atoms with van der Waals surface area (Å²) in [6, 6.07) is 10.4. The first-order chi connectivity index (χ1) is 13.7. The number of hydrogen-bond donors (Lipinski definition) is 2. The molecule has 3 aromatic rings. The lowest BCUT2D eigenvalue weighted by Crippen LogP contribution is -2.38. The van der Waals surface area contributed by atoms with Gasteiger partial charge in [-0.15, -0.1) is 35.3 Å². The summed E-state index contributed by atoms with van der Waals surface area (Å²) in [5, 5.41) is 12.1. The summed E-state index contributed by atoms with van der Waals surface area (Å²) in [4.78, 5) is 10.5. The predicted octanol–water partition coefficient (Wildman–Crippen LogP) is 3.90. The molecular formula is C21H29IN6S. The molecule has 0 aliphatic heterocycles. The second-order valence-corrected chi connectivity index (χ2v) is 7.83. The van der Waals surface area contributed by atoms with Crippen LogP contribution in [0.25, 0.3) is 5.69 Å². The predicted molar refractivity (Wildman–Crippen MR) is 132 cm³/mol. The number of nitrogens with one attached hydrogen (secondary N) is 2. The second kappa shape index (κ2) is 11.9. The van der Waals surface area contributed by atoms with Gasteiger partial charge in [0.15, 0.2) is 5.96 Å². The van der Waals surface area contributed by atoms with Crippen molar-refractivity contribution < 1.29 is 0 Å². The van der Waals surface area contributed by atoms with E-state index in [1.807, 2.05) is 16.9 Å². The van der Waals surface area contributed by atoms with Crippen molar-refractivity contribution in [1.82, 2.24) is 25.4 Å². The van der Waals surface area contributed by atoms with Gasteiger partial charge < -0.3 is 10.6 Å². The van der Waals surface area contributed by atoms with E-state index in [1.165, 1.54) is 10.4 Å². The standard InChI is InChI=1S/C21H28N6S.HI/c1-4-22-21(24-14-11-20-16(2)26-17(3)28-20)23-13-10-18-6-8-19(9-7-18)27-15-5-12-25-27;/h5-9,12,15H,4,10-11,13-14H2,1-3H3,(H2,22,23,24);1H. The van der Waals surface area contributed by atoms with Crippen molar-refractivity contribution in [2.45, 2.75) is 33.6 Å². The fraction of sp³-hybridized carbons (Fsp3) is 0.381. The summed E-state index contributed by atoms with van der Waals surface area (Å²) in [6.45, 7) is 8.66. The van der Waals surface area contributed by atoms with Crippen molar-refractivity contribution in [2.75, 3.05) is 19.6 Å². The van der Waals surface area contributed by atoms with Crippen LogP contribution in [0.4, 0.5) is 0 Å². The molecule has 6 nitrogen and oxygen atoms in total. The number of benzene rings is 1. The molecule has 3 rings (SSSR count). The molecule has 2 aromatic heterocycles. The molecule has 1 aromatic carbocycles. The maximum atomic E-state index is 4.70. The van der Waals surface area contributed by atoms with Crippen molar-refractivity contribution in [3.63, 3.8) is 0 Å². The summed E-state index contributed by atoms with van der Waals surface area (Å²) < 4.78 is 1.87. The van der Waals surface area contributed by atoms with E-state index in [0.29, 0.717) is 0 Å². The smallest absolute Gasteiger partial charge is 0.191 e. The quantitative estimate of drug-likeness (QED) is 0.267. The zero-order valence-corrected chi connectivity index (χ0v) is 20.3. The van der Waals surface area contributed by atoms with Gasteiger partial charge in [0.25, 0.3) is 0 Å². The molecule has 0 aliphatic carbocycles. The normalized spacial score (nSPS) is 11.2. The summed E-state index contributed by atoms with van der Waals surface area (Å²) in [7, 11) is 0. The van der Waals surface area contributed by atoms with Crippen molar-refractivity contribution >= 4 is 41.3 Å². The molecule has 0 amide bonds. The highest BCUT2D eigenvalue weighted by atomic mass is 127. The zero-order valence-electron chi connectivity index (χ0n) is 17.2. The van der Waals surface area contributed by atoms with Gasteiger partial charge in [-0.25, -0.2) is 9.67 Å². The molecule has 0 spiro atoms. The average Bonchev–Trinajstić information content (AvgIpc) is 3.32. The molecule has 0 saturated heterocycles. The Hall–Kier alpha value is -1.94. The number of nitrogens with zero attached hydrogens (tertiary/aromatic N) is 4. The SMILES string of the molecule is CCNC(=NCCc1sc(C)nc1C)NCCc1ccc(-n2cccn2)cc1.I. The summed E-state index contributed by atoms with van der Waals surface area (Å²) in [5.41, 5.74) is 3.49. The molecule has 0 unspecified atom stereocenters. The third-order valence-electron chi connectivity index (χ3n) is 4.36. The number of aryl methyl sites for hydroxylation is 2. The Morgan fingerprint density at radius 2 is 1.93 bits per heavy atom. The van der Waals surface area contributed by atoms with Crippen LogP contribution in [-0.2, 0) is 12.8 Å². The van der Waals surface area contributed by atoms with Gasteiger partial charge in [0.05, 0.1) is 16.4 Å². The maximum Gasteiger partial charge on any atom is 0.191 e. The highest BCUT2D eigenvalue weighted by Crippen LogP contribution is 2.17. The van der Waals surface area contributed by atoms with E-state index in [0.717, 1.165) is 54.8 Å². The first kappa shape index (κ1) is 23.3. The zero-order chi connectivity index (χ0) is 19.8. The molecule has 0 bridgehead atoms. The van der Waals surface area contributed by atoms with E-state index >= 15 is 0 Å². The van der Waals surface area contributed by atoms with Crippen LogP contribution in [0.5, 0.6) is 0 Å². The summed E-state index contributed by atoms with van der Waals surface area (Å²) in [5.74, 6) is 0.870. The maximum absolute atomic E-state index is 4.70. The number of aromatic nitrogens is 3. The van der Waals surface area contributed by atoms with E-state index in [1.54, 1.807) is 17.5 Å². The van der Waals surface area contributed by atoms with Crippen LogP contribution in [0.15, 0.2) is 47.7 Å². The van der Waals surface area contributed by atoms with Gasteiger partial charge in [0.1, 0.15) is 0 Å². The Labute approximate surface area is 193 Å². The van der Waals surface area contributed by atoms with Gasteiger partial charge in [0.2, 0.25) is 0 Å². The first-order valence-electron chi connectivity index (χ1n) is 9.69. The van der Waals surface area contributed by atoms with E-state index in [4.69, 9.17) is 4.99 Å². The fourth-order valence-corrected chi connectivity index (χ4v) is 3.90. The van der Waals surface area contributed by atoms with E-state index in [2.05, 4.69) is 65.8 Å². The van der Waals surface area contributed by atoms with Gasteiger partial charge in [-0.2, -0.15) is 5.10 Å². The highest BCUT2D eigenvalue weighted by molar-refractivity contribution is 14.0. The van der Waals surface area contributed by atoms with E-state index in [9.17, 15) is 0 Å². The highest BCUT2D eigenvalue weighted by Gasteiger charge is 2.04. The Morgan fingerprint density at radius 3 is 2.55 bits per heavy atom. The molecule has 2 heterocycles. The lowest BCUT2D eigenvalue weighted by Gasteiger charge is -2.11. The van der Waals surface area contributed by atoms with Crippen LogP contribution in [0.2, 0.25) is 0 Å². The minimum Gasteiger partial charge on any atom is -0.357 e. The Balaban J connectivity index is 0.00000300. The van der Waals surface area contributed by atoms with Gasteiger partial charge in [-0.3, -0.25) is 4.99 Å². The van der Waals surface area contributed by atoms with Crippen LogP contribution < -0.4 is 10.6 Å². The Kier molecular flexibility index (Phi) is 9.59. The fourth-order valence-electron chi connectivity index (χ4n) is 2.98. The van der Waals surface area contributed by atoms with Crippen molar-refractivity contribution in [1.29, 1.82) is 0 Å². The monoisotopic (exact) mass is 524 g/mol. The number of halogens is 1. The molecule has 0 atom stereocenters. The number of guanidine groups is 1. The van der Waals surface area contributed by atoms with Gasteiger partial charge >= 0.3 is 0 Å². The second-order valence-electron chi connectivity index (χ2n) is 6.55. The molecule has 156 valence electrons. The molecule has 2 N–H and O–H groups in total. The number of aliphatic imine (C=N–C) groups is 1. The summed E-state index contributed by atoms with van der Waals surface area (Å²) >= 11 is 1.77. The number of hydrogen-bond acceptors (Lipinski definition) is 4. The molecule has 0 aliphatic rings. The Morgan fingerprint density at radius 1 is 1.14 bits per heavy atom. The largest absolute Gasteiger partial charge is 0.357 e. The van der Waals surface area contributed by atoms with Crippen LogP contribution in [0.3, 0.4) is 0 Å². The number of thiazole rings is 1. The van der Waals surface area contributed by atoms with Crippen molar-refractivity contribution in [3.8, 4) is 5.69 Å². The van der Waals surface area contributed by atoms with Crippen LogP contribution >= 0.6 is 35.3 Å². The minimum absolute atomic E-state index is 0. The Bertz CT molecular complexity index is 887. The minimum atomic E-state index is 0. The van der Waals surface area contributed by atoms with Crippen LogP contribution in [0.1, 0.15) is 28.1 Å². The molecular weight excluding hydrogens is 495 g/mol. The van der Waals surface area contributed by atoms with E-state index < -0.39 is 0 Å². The van der Waals surface area contributed by atoms with Crippen molar-refractivity contribution in [3.05, 3.63) is 63.9 Å². The molecule has 8 heteroatoms. The first-order valence-corrected chi connectivity index (χ1v) is 10.5. The lowest BCUT2D eigenvalue weighted by atomic mass is 10.1. The summed E-state index contributed by atoms with van der Waals surface area (Å²) in [6.07, 6.45) is 5.61. The van der Waals surface area contributed by atoms with Gasteiger partial charge in [-0.1, -0.05) is 12.1 Å². The molecule has 0 fully saturated rings. The van der Waals surface area contributed by atoms with Crippen LogP contribution in [0, 0.1) is 13.8 Å². The van der Waals surface area contributed by atoms with Gasteiger partial charge in [-0.05, 0) is 51.0 Å². The van der Waals surface area contributed by atoms with Crippen molar-refractivity contribution in [2.24, 2.45) is 4.99 Å². The molecule has 0 saturated carbocycles.